The second kappa shape index (κ2) is 9.32. The Labute approximate surface area is 160 Å². The zero-order valence-electron chi connectivity index (χ0n) is 16.1. The molecule has 2 N–H and O–H groups in total. The molecular formula is C20H28N6O. The second-order valence-corrected chi connectivity index (χ2v) is 7.08. The van der Waals surface area contributed by atoms with Crippen molar-refractivity contribution in [1.29, 1.82) is 0 Å². The third-order valence-corrected chi connectivity index (χ3v) is 4.61. The molecule has 0 bridgehead atoms. The van der Waals surface area contributed by atoms with Gasteiger partial charge in [-0.25, -0.2) is 0 Å². The molecule has 144 valence electrons. The Morgan fingerprint density at radius 1 is 1.04 bits per heavy atom. The van der Waals surface area contributed by atoms with E-state index in [-0.39, 0.29) is 5.91 Å². The van der Waals surface area contributed by atoms with Crippen molar-refractivity contribution in [1.82, 2.24) is 15.1 Å². The molecule has 1 aliphatic heterocycles. The van der Waals surface area contributed by atoms with E-state index in [1.165, 1.54) is 24.9 Å². The molecule has 2 heterocycles. The van der Waals surface area contributed by atoms with Crippen molar-refractivity contribution in [2.75, 3.05) is 55.8 Å². The number of carbonyl (C=O) groups excluding carboxylic acids is 1. The molecule has 0 radical (unpaired) electrons. The summed E-state index contributed by atoms with van der Waals surface area (Å²) in [6.07, 6.45) is 3.81. The highest BCUT2D eigenvalue weighted by atomic mass is 16.1. The smallest absolute Gasteiger partial charge is 0.276 e. The topological polar surface area (TPSA) is 73.4 Å². The van der Waals surface area contributed by atoms with E-state index in [1.807, 2.05) is 26.2 Å². The van der Waals surface area contributed by atoms with Gasteiger partial charge in [0.1, 0.15) is 5.82 Å². The highest BCUT2D eigenvalue weighted by Crippen LogP contribution is 2.22. The van der Waals surface area contributed by atoms with Gasteiger partial charge in [-0.2, -0.15) is 0 Å². The number of amides is 1. The Hall–Kier alpha value is -2.67. The van der Waals surface area contributed by atoms with E-state index in [0.29, 0.717) is 11.5 Å². The number of benzene rings is 1. The van der Waals surface area contributed by atoms with Gasteiger partial charge in [0.05, 0.1) is 0 Å². The largest absolute Gasteiger partial charge is 0.372 e. The molecule has 1 aromatic carbocycles. The zero-order valence-corrected chi connectivity index (χ0v) is 16.1. The summed E-state index contributed by atoms with van der Waals surface area (Å²) in [7, 11) is 4.03. The summed E-state index contributed by atoms with van der Waals surface area (Å²) in [6.45, 7) is 3.89. The monoisotopic (exact) mass is 368 g/mol. The number of nitrogens with one attached hydrogen (secondary N) is 2. The number of likely N-dealkylation sites (N-methyl/N-ethyl adjacent to an activating group) is 1. The van der Waals surface area contributed by atoms with Crippen molar-refractivity contribution in [3.63, 3.8) is 0 Å². The summed E-state index contributed by atoms with van der Waals surface area (Å²) in [4.78, 5) is 16.8. The fraction of sp³-hybridized carbons (Fsp3) is 0.450. The van der Waals surface area contributed by atoms with Gasteiger partial charge in [-0.15, -0.1) is 10.2 Å². The fourth-order valence-corrected chi connectivity index (χ4v) is 3.06. The van der Waals surface area contributed by atoms with Crippen LogP contribution >= 0.6 is 0 Å². The van der Waals surface area contributed by atoms with Crippen LogP contribution in [0, 0.1) is 0 Å². The third-order valence-electron chi connectivity index (χ3n) is 4.61. The van der Waals surface area contributed by atoms with Gasteiger partial charge in [0.15, 0.2) is 5.69 Å². The molecule has 1 aliphatic rings. The molecule has 0 unspecified atom stereocenters. The van der Waals surface area contributed by atoms with Gasteiger partial charge in [-0.05, 0) is 69.8 Å². The number of nitrogens with zero attached hydrogens (tertiary/aromatic N) is 4. The average molecular weight is 368 g/mol. The van der Waals surface area contributed by atoms with Crippen LogP contribution in [0.15, 0.2) is 36.4 Å². The Balaban J connectivity index is 1.53. The van der Waals surface area contributed by atoms with Crippen molar-refractivity contribution in [2.45, 2.75) is 19.3 Å². The standard InChI is InChI=1S/C20H28N6O/c1-25(2)15-12-21-19-11-10-18(23-24-19)20(27)22-16-6-8-17(9-7-16)26-13-4-3-5-14-26/h6-11H,3-5,12-15H2,1-2H3,(H,21,24)(H,22,27). The molecule has 3 rings (SSSR count). The first-order valence-corrected chi connectivity index (χ1v) is 9.50. The lowest BCUT2D eigenvalue weighted by molar-refractivity contribution is 0.102. The lowest BCUT2D eigenvalue weighted by Gasteiger charge is -2.28. The molecule has 1 amide bonds. The van der Waals surface area contributed by atoms with Gasteiger partial charge in [0.25, 0.3) is 5.91 Å². The summed E-state index contributed by atoms with van der Waals surface area (Å²) >= 11 is 0. The number of anilines is 3. The van der Waals surface area contributed by atoms with E-state index in [9.17, 15) is 4.79 Å². The maximum Gasteiger partial charge on any atom is 0.276 e. The van der Waals surface area contributed by atoms with Crippen LogP contribution in [0.2, 0.25) is 0 Å². The van der Waals surface area contributed by atoms with Crippen molar-refractivity contribution in [3.8, 4) is 0 Å². The molecule has 7 heteroatoms. The summed E-state index contributed by atoms with van der Waals surface area (Å²) < 4.78 is 0. The molecule has 0 saturated carbocycles. The van der Waals surface area contributed by atoms with Gasteiger partial charge >= 0.3 is 0 Å². The molecule has 27 heavy (non-hydrogen) atoms. The summed E-state index contributed by atoms with van der Waals surface area (Å²) in [5, 5.41) is 14.1. The predicted molar refractivity (Wildman–Crippen MR) is 110 cm³/mol. The summed E-state index contributed by atoms with van der Waals surface area (Å²) in [5.41, 5.74) is 2.27. The molecule has 1 saturated heterocycles. The SMILES string of the molecule is CN(C)CCNc1ccc(C(=O)Nc2ccc(N3CCCCC3)cc2)nn1. The quantitative estimate of drug-likeness (QED) is 0.783. The van der Waals surface area contributed by atoms with Gasteiger partial charge in [-0.3, -0.25) is 4.79 Å². The maximum absolute atomic E-state index is 12.4. The highest BCUT2D eigenvalue weighted by molar-refractivity contribution is 6.02. The minimum Gasteiger partial charge on any atom is -0.372 e. The molecule has 0 aliphatic carbocycles. The van der Waals surface area contributed by atoms with E-state index in [1.54, 1.807) is 12.1 Å². The molecular weight excluding hydrogens is 340 g/mol. The van der Waals surface area contributed by atoms with E-state index in [0.717, 1.165) is 31.9 Å². The van der Waals surface area contributed by atoms with Crippen molar-refractivity contribution in [3.05, 3.63) is 42.1 Å². The molecule has 0 spiro atoms. The van der Waals surface area contributed by atoms with Gasteiger partial charge in [0.2, 0.25) is 0 Å². The van der Waals surface area contributed by atoms with Gasteiger partial charge in [0, 0.05) is 37.6 Å². The molecule has 7 nitrogen and oxygen atoms in total. The number of rotatable bonds is 7. The number of hydrogen-bond acceptors (Lipinski definition) is 6. The molecule has 2 aromatic rings. The second-order valence-electron chi connectivity index (χ2n) is 7.08. The van der Waals surface area contributed by atoms with Gasteiger partial charge in [-0.1, -0.05) is 0 Å². The highest BCUT2D eigenvalue weighted by Gasteiger charge is 2.12. The lowest BCUT2D eigenvalue weighted by Crippen LogP contribution is -2.29. The van der Waals surface area contributed by atoms with E-state index < -0.39 is 0 Å². The number of carbonyl (C=O) groups is 1. The first kappa shape index (κ1) is 19.1. The Morgan fingerprint density at radius 2 is 1.78 bits per heavy atom. The van der Waals surface area contributed by atoms with E-state index >= 15 is 0 Å². The van der Waals surface area contributed by atoms with Crippen LogP contribution in [0.25, 0.3) is 0 Å². The first-order valence-electron chi connectivity index (χ1n) is 9.50. The lowest BCUT2D eigenvalue weighted by atomic mass is 10.1. The predicted octanol–water partition coefficient (Wildman–Crippen LogP) is 2.69. The minimum absolute atomic E-state index is 0.256. The Kier molecular flexibility index (Phi) is 6.59. The van der Waals surface area contributed by atoms with Crippen LogP contribution in [0.4, 0.5) is 17.2 Å². The van der Waals surface area contributed by atoms with Crippen LogP contribution < -0.4 is 15.5 Å². The van der Waals surface area contributed by atoms with Crippen LogP contribution in [-0.2, 0) is 0 Å². The van der Waals surface area contributed by atoms with Crippen molar-refractivity contribution in [2.24, 2.45) is 0 Å². The van der Waals surface area contributed by atoms with Crippen LogP contribution in [0.5, 0.6) is 0 Å². The van der Waals surface area contributed by atoms with E-state index in [4.69, 9.17) is 0 Å². The van der Waals surface area contributed by atoms with Gasteiger partial charge < -0.3 is 20.4 Å². The van der Waals surface area contributed by atoms with Crippen molar-refractivity contribution < 1.29 is 4.79 Å². The Morgan fingerprint density at radius 3 is 2.41 bits per heavy atom. The molecule has 1 aromatic heterocycles. The number of hydrogen-bond donors (Lipinski definition) is 2. The number of aromatic nitrogens is 2. The third kappa shape index (κ3) is 5.65. The van der Waals surface area contributed by atoms with Crippen LogP contribution in [-0.4, -0.2) is 61.3 Å². The van der Waals surface area contributed by atoms with Crippen molar-refractivity contribution >= 4 is 23.1 Å². The normalized spacial score (nSPS) is 14.3. The summed E-state index contributed by atoms with van der Waals surface area (Å²) in [6, 6.07) is 11.5. The zero-order chi connectivity index (χ0) is 19.1. The fourth-order valence-electron chi connectivity index (χ4n) is 3.06. The number of piperidine rings is 1. The van der Waals surface area contributed by atoms with E-state index in [2.05, 4.69) is 42.8 Å². The minimum atomic E-state index is -0.256. The van der Waals surface area contributed by atoms with Crippen LogP contribution in [0.1, 0.15) is 29.8 Å². The molecule has 1 fully saturated rings. The average Bonchev–Trinajstić information content (AvgIpc) is 2.69. The van der Waals surface area contributed by atoms with Crippen LogP contribution in [0.3, 0.4) is 0 Å². The molecule has 0 atom stereocenters. The maximum atomic E-state index is 12.4. The Bertz CT molecular complexity index is 723. The summed E-state index contributed by atoms with van der Waals surface area (Å²) in [5.74, 6) is 0.410. The first-order chi connectivity index (χ1) is 13.1.